The number of ketones is 2. The number of alkyl halides is 1. The van der Waals surface area contributed by atoms with Gasteiger partial charge in [-0.15, -0.1) is 0 Å². The van der Waals surface area contributed by atoms with E-state index in [-0.39, 0.29) is 30.2 Å². The monoisotopic (exact) mass is 669 g/mol. The summed E-state index contributed by atoms with van der Waals surface area (Å²) >= 11 is 0. The van der Waals surface area contributed by atoms with Crippen molar-refractivity contribution >= 4 is 34.9 Å². The molecule has 2 aromatic rings. The maximum Gasteiger partial charge on any atom is 0.329 e. The molecule has 8 heteroatoms. The molecule has 0 aliphatic carbocycles. The van der Waals surface area contributed by atoms with Gasteiger partial charge in [-0.1, -0.05) is 97.7 Å². The molecule has 270 valence electrons. The van der Waals surface area contributed by atoms with E-state index in [9.17, 15) is 23.6 Å². The molecule has 0 aromatic heterocycles. The third-order valence-corrected chi connectivity index (χ3v) is 8.17. The number of nitrogens with zero attached hydrogens (tertiary/aromatic N) is 2. The number of amides is 3. The number of Topliss-reactive ketones (excluding diaryl/α,β-unsaturated/α-hetero) is 2. The largest absolute Gasteiger partial charge is 0.356 e. The fraction of sp³-hybridized carbons (Fsp3) is 0.600. The maximum atomic E-state index is 13.6. The number of anilines is 2. The summed E-state index contributed by atoms with van der Waals surface area (Å²) in [4.78, 5) is 51.8. The lowest BCUT2D eigenvalue weighted by Crippen LogP contribution is -2.52. The molecule has 1 N–H and O–H groups in total. The summed E-state index contributed by atoms with van der Waals surface area (Å²) in [7, 11) is 0. The molecule has 1 saturated heterocycles. The predicted octanol–water partition coefficient (Wildman–Crippen LogP) is 9.94. The van der Waals surface area contributed by atoms with E-state index in [0.717, 1.165) is 60.5 Å². The second-order valence-electron chi connectivity index (χ2n) is 12.4. The molecule has 0 spiro atoms. The topological polar surface area (TPSA) is 86.8 Å². The second kappa shape index (κ2) is 25.5. The van der Waals surface area contributed by atoms with Crippen LogP contribution in [0.15, 0.2) is 48.5 Å². The van der Waals surface area contributed by atoms with Crippen LogP contribution in [0.5, 0.6) is 0 Å². The van der Waals surface area contributed by atoms with E-state index in [0.29, 0.717) is 19.5 Å². The SMILES string of the molecule is CC.CC(=O)C1CCCCN1C(=O)N(c1ccccc1C)c1ccccc1C.CCC(C)C.CCCNC(=O)CC(CCC)C(=O)CF. The highest BCUT2D eigenvalue weighted by molar-refractivity contribution is 6.02. The van der Waals surface area contributed by atoms with Crippen LogP contribution in [-0.2, 0) is 14.4 Å². The highest BCUT2D eigenvalue weighted by atomic mass is 19.1. The van der Waals surface area contributed by atoms with Gasteiger partial charge in [-0.05, 0) is 82.1 Å². The maximum absolute atomic E-state index is 13.6. The number of likely N-dealkylation sites (tertiary alicyclic amines) is 1. The van der Waals surface area contributed by atoms with Gasteiger partial charge in [0.05, 0.1) is 17.4 Å². The number of nitrogens with one attached hydrogen (secondary N) is 1. The molecule has 1 aliphatic rings. The van der Waals surface area contributed by atoms with Crippen LogP contribution in [0.3, 0.4) is 0 Å². The van der Waals surface area contributed by atoms with Gasteiger partial charge in [0.25, 0.3) is 0 Å². The smallest absolute Gasteiger partial charge is 0.329 e. The van der Waals surface area contributed by atoms with Crippen molar-refractivity contribution in [2.24, 2.45) is 11.8 Å². The molecule has 0 bridgehead atoms. The van der Waals surface area contributed by atoms with Crippen molar-refractivity contribution in [3.8, 4) is 0 Å². The number of carbonyl (C=O) groups excluding carboxylic acids is 4. The molecule has 1 aliphatic heterocycles. The van der Waals surface area contributed by atoms with E-state index in [1.807, 2.05) is 90.1 Å². The van der Waals surface area contributed by atoms with E-state index in [2.05, 4.69) is 26.1 Å². The van der Waals surface area contributed by atoms with Gasteiger partial charge in [-0.2, -0.15) is 0 Å². The first-order valence-electron chi connectivity index (χ1n) is 18.0. The van der Waals surface area contributed by atoms with Crippen LogP contribution in [0, 0.1) is 25.7 Å². The van der Waals surface area contributed by atoms with E-state index >= 15 is 0 Å². The van der Waals surface area contributed by atoms with Crippen LogP contribution in [-0.4, -0.2) is 54.2 Å². The molecule has 1 heterocycles. The number of urea groups is 1. The van der Waals surface area contributed by atoms with Gasteiger partial charge in [0.1, 0.15) is 6.67 Å². The molecule has 2 aromatic carbocycles. The number of piperidine rings is 1. The summed E-state index contributed by atoms with van der Waals surface area (Å²) in [6.07, 6.45) is 6.34. The number of para-hydroxylation sites is 2. The van der Waals surface area contributed by atoms with Crippen LogP contribution >= 0.6 is 0 Å². The summed E-state index contributed by atoms with van der Waals surface area (Å²) < 4.78 is 12.2. The molecule has 2 unspecified atom stereocenters. The Kier molecular flexibility index (Phi) is 23.6. The number of rotatable bonds is 12. The van der Waals surface area contributed by atoms with Crippen LogP contribution in [0.1, 0.15) is 118 Å². The number of benzene rings is 2. The standard InChI is InChI=1S/C22H26N2O2.C11H20FNO2.C5H12.C2H6/c1-16-10-4-6-12-19(16)24(20-13-7-5-11-17(20)2)22(26)23-15-9-8-14-21(23)18(3)25;1-3-5-9(10(14)8-12)7-11(15)13-6-4-2;1-4-5(2)3;1-2/h4-7,10-13,21H,8-9,14-15H2,1-3H3;9H,3-8H2,1-2H3,(H,13,15);5H,4H2,1-3H3;1-2H3. The van der Waals surface area contributed by atoms with E-state index in [1.54, 1.807) is 16.7 Å². The lowest BCUT2D eigenvalue weighted by Gasteiger charge is -2.38. The Morgan fingerprint density at radius 3 is 1.83 bits per heavy atom. The third kappa shape index (κ3) is 15.6. The van der Waals surface area contributed by atoms with Crippen molar-refractivity contribution in [1.82, 2.24) is 10.2 Å². The van der Waals surface area contributed by atoms with E-state index in [1.165, 1.54) is 6.42 Å². The van der Waals surface area contributed by atoms with E-state index in [4.69, 9.17) is 0 Å². The number of aryl methyl sites for hydroxylation is 2. The predicted molar refractivity (Wildman–Crippen MR) is 199 cm³/mol. The van der Waals surface area contributed by atoms with Crippen molar-refractivity contribution in [2.45, 2.75) is 127 Å². The van der Waals surface area contributed by atoms with Gasteiger partial charge in [0.15, 0.2) is 11.6 Å². The van der Waals surface area contributed by atoms with Gasteiger partial charge in [0, 0.05) is 25.4 Å². The average molecular weight is 670 g/mol. The van der Waals surface area contributed by atoms with E-state index < -0.39 is 18.4 Å². The molecular formula is C40H64FN3O4. The van der Waals surface area contributed by atoms with Gasteiger partial charge in [-0.3, -0.25) is 19.3 Å². The van der Waals surface area contributed by atoms with Crippen molar-refractivity contribution < 1.29 is 23.6 Å². The minimum Gasteiger partial charge on any atom is -0.356 e. The Hall–Kier alpha value is -3.55. The molecular weight excluding hydrogens is 605 g/mol. The number of hydrogen-bond donors (Lipinski definition) is 1. The zero-order valence-electron chi connectivity index (χ0n) is 31.5. The number of hydrogen-bond acceptors (Lipinski definition) is 4. The molecule has 2 atom stereocenters. The van der Waals surface area contributed by atoms with Crippen LogP contribution in [0.4, 0.5) is 20.6 Å². The molecule has 7 nitrogen and oxygen atoms in total. The first-order chi connectivity index (χ1) is 22.9. The number of halogens is 1. The van der Waals surface area contributed by atoms with Crippen molar-refractivity contribution in [3.05, 3.63) is 59.7 Å². The Morgan fingerprint density at radius 2 is 1.42 bits per heavy atom. The van der Waals surface area contributed by atoms with Crippen molar-refractivity contribution in [3.63, 3.8) is 0 Å². The highest BCUT2D eigenvalue weighted by Crippen LogP contribution is 2.33. The van der Waals surface area contributed by atoms with Gasteiger partial charge < -0.3 is 10.2 Å². The molecule has 0 radical (unpaired) electrons. The highest BCUT2D eigenvalue weighted by Gasteiger charge is 2.34. The summed E-state index contributed by atoms with van der Waals surface area (Å²) in [5.41, 5.74) is 3.78. The fourth-order valence-electron chi connectivity index (χ4n) is 5.07. The Balaban J connectivity index is 0.000000852. The molecule has 3 rings (SSSR count). The Bertz CT molecular complexity index is 1190. The second-order valence-corrected chi connectivity index (χ2v) is 12.4. The van der Waals surface area contributed by atoms with Crippen LogP contribution in [0.25, 0.3) is 0 Å². The van der Waals surface area contributed by atoms with Crippen LogP contribution < -0.4 is 10.2 Å². The van der Waals surface area contributed by atoms with Crippen molar-refractivity contribution in [1.29, 1.82) is 0 Å². The van der Waals surface area contributed by atoms with Gasteiger partial charge in [-0.25, -0.2) is 9.18 Å². The van der Waals surface area contributed by atoms with Gasteiger partial charge in [0.2, 0.25) is 5.91 Å². The zero-order valence-corrected chi connectivity index (χ0v) is 31.5. The Labute approximate surface area is 291 Å². The van der Waals surface area contributed by atoms with Crippen molar-refractivity contribution in [2.75, 3.05) is 24.7 Å². The molecule has 48 heavy (non-hydrogen) atoms. The van der Waals surface area contributed by atoms with Gasteiger partial charge >= 0.3 is 6.03 Å². The minimum atomic E-state index is -0.967. The zero-order chi connectivity index (χ0) is 36.6. The molecule has 3 amide bonds. The normalized spacial score (nSPS) is 14.2. The summed E-state index contributed by atoms with van der Waals surface area (Å²) in [5.74, 6) is -0.111. The first kappa shape index (κ1) is 44.5. The fourth-order valence-corrected chi connectivity index (χ4v) is 5.07. The Morgan fingerprint density at radius 1 is 0.896 bits per heavy atom. The summed E-state index contributed by atoms with van der Waals surface area (Å²) in [6, 6.07) is 15.3. The summed E-state index contributed by atoms with van der Waals surface area (Å²) in [6.45, 7) is 20.4. The quantitative estimate of drug-likeness (QED) is 0.244. The third-order valence-electron chi connectivity index (χ3n) is 8.17. The minimum absolute atomic E-state index is 0.0626. The lowest BCUT2D eigenvalue weighted by atomic mass is 9.95. The first-order valence-corrected chi connectivity index (χ1v) is 18.0. The summed E-state index contributed by atoms with van der Waals surface area (Å²) in [5, 5.41) is 2.69. The average Bonchev–Trinajstić information content (AvgIpc) is 3.09. The molecule has 0 saturated carbocycles. The lowest BCUT2D eigenvalue weighted by molar-refractivity contribution is -0.129. The number of carbonyl (C=O) groups is 4. The molecule has 1 fully saturated rings. The van der Waals surface area contributed by atoms with Crippen LogP contribution in [0.2, 0.25) is 0 Å².